The summed E-state index contributed by atoms with van der Waals surface area (Å²) in [5, 5.41) is 5.62. The first-order valence-corrected chi connectivity index (χ1v) is 13.2. The van der Waals surface area contributed by atoms with Crippen molar-refractivity contribution in [2.45, 2.75) is 46.0 Å². The Balaban J connectivity index is 1.52. The number of rotatable bonds is 6. The van der Waals surface area contributed by atoms with Crippen LogP contribution < -0.4 is 4.90 Å². The van der Waals surface area contributed by atoms with Crippen LogP contribution in [0.15, 0.2) is 48.5 Å². The molecule has 0 N–H and O–H groups in total. The molecule has 0 bridgehead atoms. The van der Waals surface area contributed by atoms with Crippen LogP contribution in [0.25, 0.3) is 16.7 Å². The first-order valence-electron chi connectivity index (χ1n) is 13.2. The van der Waals surface area contributed by atoms with Crippen LogP contribution in [0.1, 0.15) is 60.9 Å². The maximum atomic E-state index is 13.7. The van der Waals surface area contributed by atoms with E-state index in [2.05, 4.69) is 18.7 Å². The highest BCUT2D eigenvalue weighted by Gasteiger charge is 2.26. The molecule has 1 atom stereocenters. The van der Waals surface area contributed by atoms with E-state index < -0.39 is 5.82 Å². The molecule has 2 aromatic carbocycles. The van der Waals surface area contributed by atoms with Crippen LogP contribution in [-0.2, 0) is 0 Å². The Kier molecular flexibility index (Phi) is 7.35. The van der Waals surface area contributed by atoms with E-state index in [0.29, 0.717) is 37.4 Å². The van der Waals surface area contributed by atoms with Crippen LogP contribution >= 0.6 is 0 Å². The van der Waals surface area contributed by atoms with Gasteiger partial charge in [-0.2, -0.15) is 5.10 Å². The topological polar surface area (TPSA) is 67.2 Å². The Morgan fingerprint density at radius 1 is 1.00 bits per heavy atom. The Morgan fingerprint density at radius 3 is 2.53 bits per heavy atom. The lowest BCUT2D eigenvalue weighted by atomic mass is 10.1. The monoisotopic (exact) mass is 518 g/mol. The minimum absolute atomic E-state index is 0.151. The number of benzene rings is 2. The average Bonchev–Trinajstić information content (AvgIpc) is 3.08. The van der Waals surface area contributed by atoms with Crippen molar-refractivity contribution >= 4 is 22.8 Å². The minimum Gasteiger partial charge on any atom is -0.354 e. The van der Waals surface area contributed by atoms with Crippen LogP contribution in [0.5, 0.6) is 0 Å². The summed E-state index contributed by atoms with van der Waals surface area (Å²) in [5.41, 5.74) is 2.56. The standard InChI is InChI=1S/C29H32F2N6O/c1-4-7-19(2)26-32-27(25-20(3)34-37(28(25)33-26)24-12-10-22(30)11-13-24)35-14-6-15-36(17-16-35)29(38)21-8-5-9-23(31)18-21/h5,8-13,18-19H,4,6-7,14-17H2,1-3H3. The fraction of sp³-hybridized carbons (Fsp3) is 0.379. The van der Waals surface area contributed by atoms with E-state index in [1.54, 1.807) is 33.8 Å². The van der Waals surface area contributed by atoms with E-state index in [0.717, 1.165) is 47.7 Å². The summed E-state index contributed by atoms with van der Waals surface area (Å²) in [7, 11) is 0. The molecule has 198 valence electrons. The highest BCUT2D eigenvalue weighted by atomic mass is 19.1. The fourth-order valence-electron chi connectivity index (χ4n) is 5.09. The predicted molar refractivity (Wildman–Crippen MR) is 144 cm³/mol. The maximum Gasteiger partial charge on any atom is 0.254 e. The Bertz CT molecular complexity index is 1450. The molecule has 1 fully saturated rings. The molecule has 0 aliphatic carbocycles. The molecule has 7 nitrogen and oxygen atoms in total. The number of amides is 1. The van der Waals surface area contributed by atoms with Gasteiger partial charge in [-0.1, -0.05) is 26.3 Å². The third kappa shape index (κ3) is 5.10. The SMILES string of the molecule is CCCC(C)c1nc(N2CCCN(C(=O)c3cccc(F)c3)CC2)c2c(C)nn(-c3ccc(F)cc3)c2n1. The van der Waals surface area contributed by atoms with Crippen LogP contribution in [0.3, 0.4) is 0 Å². The summed E-state index contributed by atoms with van der Waals surface area (Å²) in [5.74, 6) is 0.803. The van der Waals surface area contributed by atoms with E-state index in [9.17, 15) is 13.6 Å². The molecule has 1 saturated heterocycles. The van der Waals surface area contributed by atoms with Crippen molar-refractivity contribution < 1.29 is 13.6 Å². The fourth-order valence-corrected chi connectivity index (χ4v) is 5.09. The molecule has 0 saturated carbocycles. The summed E-state index contributed by atoms with van der Waals surface area (Å²) < 4.78 is 29.1. The molecule has 1 amide bonds. The molecule has 1 aliphatic rings. The van der Waals surface area contributed by atoms with Gasteiger partial charge in [0.2, 0.25) is 0 Å². The molecule has 0 spiro atoms. The number of aromatic nitrogens is 4. The van der Waals surface area contributed by atoms with Crippen molar-refractivity contribution in [1.29, 1.82) is 0 Å². The zero-order chi connectivity index (χ0) is 26.8. The molecular weight excluding hydrogens is 486 g/mol. The molecule has 1 unspecified atom stereocenters. The Hall–Kier alpha value is -3.88. The van der Waals surface area contributed by atoms with Crippen molar-refractivity contribution in [3.05, 3.63) is 77.2 Å². The molecule has 0 radical (unpaired) electrons. The van der Waals surface area contributed by atoms with Gasteiger partial charge in [-0.25, -0.2) is 23.4 Å². The second kappa shape index (κ2) is 10.8. The molecule has 9 heteroatoms. The highest BCUT2D eigenvalue weighted by molar-refractivity contribution is 5.94. The van der Waals surface area contributed by atoms with E-state index in [1.807, 2.05) is 6.92 Å². The van der Waals surface area contributed by atoms with E-state index in [4.69, 9.17) is 15.1 Å². The zero-order valence-electron chi connectivity index (χ0n) is 22.0. The number of hydrogen-bond acceptors (Lipinski definition) is 5. The molecule has 2 aromatic heterocycles. The van der Waals surface area contributed by atoms with E-state index in [-0.39, 0.29) is 17.6 Å². The summed E-state index contributed by atoms with van der Waals surface area (Å²) in [4.78, 5) is 27.1. The van der Waals surface area contributed by atoms with Gasteiger partial charge in [0, 0.05) is 37.7 Å². The predicted octanol–water partition coefficient (Wildman–Crippen LogP) is 5.66. The number of fused-ring (bicyclic) bond motifs is 1. The molecule has 5 rings (SSSR count). The van der Waals surface area contributed by atoms with Gasteiger partial charge in [-0.05, 0) is 62.2 Å². The first kappa shape index (κ1) is 25.8. The summed E-state index contributed by atoms with van der Waals surface area (Å²) >= 11 is 0. The third-order valence-electron chi connectivity index (χ3n) is 7.09. The molecule has 4 aromatic rings. The minimum atomic E-state index is -0.418. The van der Waals surface area contributed by atoms with E-state index >= 15 is 0 Å². The van der Waals surface area contributed by atoms with Gasteiger partial charge in [0.25, 0.3) is 5.91 Å². The first-order chi connectivity index (χ1) is 18.4. The number of nitrogens with zero attached hydrogens (tertiary/aromatic N) is 6. The van der Waals surface area contributed by atoms with Crippen LogP contribution in [0.4, 0.5) is 14.6 Å². The number of aryl methyl sites for hydroxylation is 1. The van der Waals surface area contributed by atoms with Crippen molar-refractivity contribution in [1.82, 2.24) is 24.6 Å². The third-order valence-corrected chi connectivity index (χ3v) is 7.09. The average molecular weight is 519 g/mol. The second-order valence-electron chi connectivity index (χ2n) is 9.91. The largest absolute Gasteiger partial charge is 0.354 e. The van der Waals surface area contributed by atoms with Gasteiger partial charge >= 0.3 is 0 Å². The number of halogens is 2. The quantitative estimate of drug-likeness (QED) is 0.330. The van der Waals surface area contributed by atoms with Crippen molar-refractivity contribution in [2.75, 3.05) is 31.1 Å². The number of hydrogen-bond donors (Lipinski definition) is 0. The lowest BCUT2D eigenvalue weighted by molar-refractivity contribution is 0.0766. The summed E-state index contributed by atoms with van der Waals surface area (Å²) in [6, 6.07) is 12.1. The molecule has 38 heavy (non-hydrogen) atoms. The normalized spacial score (nSPS) is 15.1. The molecular formula is C29H32F2N6O. The summed E-state index contributed by atoms with van der Waals surface area (Å²) in [6.45, 7) is 8.56. The lowest BCUT2D eigenvalue weighted by Gasteiger charge is -2.24. The van der Waals surface area contributed by atoms with Crippen molar-refractivity contribution in [3.63, 3.8) is 0 Å². The second-order valence-corrected chi connectivity index (χ2v) is 9.91. The zero-order valence-corrected chi connectivity index (χ0v) is 22.0. The van der Waals surface area contributed by atoms with Gasteiger partial charge in [0.1, 0.15) is 23.3 Å². The Labute approximate surface area is 221 Å². The molecule has 1 aliphatic heterocycles. The van der Waals surface area contributed by atoms with Gasteiger partial charge in [-0.15, -0.1) is 0 Å². The number of anilines is 1. The van der Waals surface area contributed by atoms with Crippen molar-refractivity contribution in [3.8, 4) is 5.69 Å². The number of carbonyl (C=O) groups excluding carboxylic acids is 1. The van der Waals surface area contributed by atoms with Gasteiger partial charge in [0.15, 0.2) is 5.65 Å². The van der Waals surface area contributed by atoms with Crippen LogP contribution in [0, 0.1) is 18.6 Å². The van der Waals surface area contributed by atoms with Gasteiger partial charge in [0.05, 0.1) is 16.8 Å². The Morgan fingerprint density at radius 2 is 1.79 bits per heavy atom. The van der Waals surface area contributed by atoms with Crippen LogP contribution in [-0.4, -0.2) is 56.7 Å². The van der Waals surface area contributed by atoms with Gasteiger partial charge < -0.3 is 9.80 Å². The molecule has 3 heterocycles. The lowest BCUT2D eigenvalue weighted by Crippen LogP contribution is -2.35. The van der Waals surface area contributed by atoms with Gasteiger partial charge in [-0.3, -0.25) is 4.79 Å². The summed E-state index contributed by atoms with van der Waals surface area (Å²) in [6.07, 6.45) is 2.71. The van der Waals surface area contributed by atoms with Crippen molar-refractivity contribution in [2.24, 2.45) is 0 Å². The van der Waals surface area contributed by atoms with Crippen LogP contribution in [0.2, 0.25) is 0 Å². The maximum absolute atomic E-state index is 13.7. The number of carbonyl (C=O) groups is 1. The smallest absolute Gasteiger partial charge is 0.254 e. The van der Waals surface area contributed by atoms with E-state index in [1.165, 1.54) is 24.3 Å². The highest BCUT2D eigenvalue weighted by Crippen LogP contribution is 2.32.